The molecule has 0 saturated heterocycles. The van der Waals surface area contributed by atoms with Crippen LogP contribution in [0.4, 0.5) is 0 Å². The van der Waals surface area contributed by atoms with Gasteiger partial charge in [-0.05, 0) is 38.4 Å². The van der Waals surface area contributed by atoms with E-state index in [9.17, 15) is 0 Å². The lowest BCUT2D eigenvalue weighted by Crippen LogP contribution is -2.41. The van der Waals surface area contributed by atoms with Crippen molar-refractivity contribution in [1.82, 2.24) is 0 Å². The first-order chi connectivity index (χ1) is 10.8. The number of benzene rings is 3. The summed E-state index contributed by atoms with van der Waals surface area (Å²) >= 11 is 3.57. The smallest absolute Gasteiger partial charge is 0.119 e. The molecule has 0 aromatic heterocycles. The summed E-state index contributed by atoms with van der Waals surface area (Å²) in [7, 11) is -1.52. The van der Waals surface area contributed by atoms with E-state index < -0.39 is 8.80 Å². The van der Waals surface area contributed by atoms with Crippen molar-refractivity contribution < 1.29 is 0 Å². The van der Waals surface area contributed by atoms with Gasteiger partial charge in [0.25, 0.3) is 0 Å². The SMILES string of the molecule is Brc1ccccc1C#C[SiH](c1ccccc1)c1ccccc1. The zero-order valence-electron chi connectivity index (χ0n) is 12.0. The molecule has 0 amide bonds. The number of hydrogen-bond acceptors (Lipinski definition) is 0. The van der Waals surface area contributed by atoms with Crippen LogP contribution in [0.3, 0.4) is 0 Å². The first-order valence-corrected chi connectivity index (χ1v) is 9.73. The second-order valence-electron chi connectivity index (χ2n) is 5.00. The molecule has 106 valence electrons. The zero-order valence-corrected chi connectivity index (χ0v) is 14.8. The Bertz CT molecular complexity index is 762. The van der Waals surface area contributed by atoms with Gasteiger partial charge in [0.15, 0.2) is 8.80 Å². The van der Waals surface area contributed by atoms with E-state index in [0.717, 1.165) is 10.0 Å². The topological polar surface area (TPSA) is 0 Å². The van der Waals surface area contributed by atoms with Crippen molar-refractivity contribution in [2.24, 2.45) is 0 Å². The molecule has 0 nitrogen and oxygen atoms in total. The molecule has 0 heterocycles. The Morgan fingerprint density at radius 2 is 1.14 bits per heavy atom. The molecule has 0 N–H and O–H groups in total. The summed E-state index contributed by atoms with van der Waals surface area (Å²) in [4.78, 5) is 0. The van der Waals surface area contributed by atoms with Crippen LogP contribution in [-0.4, -0.2) is 8.80 Å². The van der Waals surface area contributed by atoms with Gasteiger partial charge in [-0.25, -0.2) is 0 Å². The molecule has 0 aliphatic carbocycles. The predicted octanol–water partition coefficient (Wildman–Crippen LogP) is 3.38. The van der Waals surface area contributed by atoms with Crippen LogP contribution < -0.4 is 10.4 Å². The van der Waals surface area contributed by atoms with Gasteiger partial charge in [-0.15, -0.1) is 5.54 Å². The molecular weight excluding hydrogens is 348 g/mol. The van der Waals surface area contributed by atoms with Gasteiger partial charge in [-0.3, -0.25) is 0 Å². The lowest BCUT2D eigenvalue weighted by atomic mass is 10.2. The van der Waals surface area contributed by atoms with Crippen LogP contribution in [0.2, 0.25) is 0 Å². The summed E-state index contributed by atoms with van der Waals surface area (Å²) < 4.78 is 1.05. The van der Waals surface area contributed by atoms with Crippen LogP contribution in [0.5, 0.6) is 0 Å². The Balaban J connectivity index is 2.03. The molecule has 0 aliphatic rings. The van der Waals surface area contributed by atoms with Gasteiger partial charge in [0.1, 0.15) is 0 Å². The average Bonchev–Trinajstić information content (AvgIpc) is 2.59. The van der Waals surface area contributed by atoms with Gasteiger partial charge >= 0.3 is 0 Å². The molecule has 0 radical (unpaired) electrons. The highest BCUT2D eigenvalue weighted by molar-refractivity contribution is 9.10. The minimum absolute atomic E-state index is 1.05. The number of hydrogen-bond donors (Lipinski definition) is 0. The Morgan fingerprint density at radius 1 is 0.636 bits per heavy atom. The fourth-order valence-corrected chi connectivity index (χ4v) is 4.98. The molecule has 3 aromatic rings. The van der Waals surface area contributed by atoms with Gasteiger partial charge in [0, 0.05) is 10.0 Å². The second-order valence-corrected chi connectivity index (χ2v) is 8.35. The third kappa shape index (κ3) is 3.57. The van der Waals surface area contributed by atoms with Crippen LogP contribution in [0.25, 0.3) is 0 Å². The first-order valence-electron chi connectivity index (χ1n) is 7.20. The highest BCUT2D eigenvalue weighted by Gasteiger charge is 2.13. The van der Waals surface area contributed by atoms with Crippen molar-refractivity contribution in [3.63, 3.8) is 0 Å². The van der Waals surface area contributed by atoms with E-state index >= 15 is 0 Å². The van der Waals surface area contributed by atoms with Crippen LogP contribution >= 0.6 is 15.9 Å². The van der Waals surface area contributed by atoms with Gasteiger partial charge < -0.3 is 0 Å². The molecule has 0 fully saturated rings. The summed E-state index contributed by atoms with van der Waals surface area (Å²) in [6.45, 7) is 0. The van der Waals surface area contributed by atoms with Crippen molar-refractivity contribution in [2.75, 3.05) is 0 Å². The fourth-order valence-electron chi connectivity index (χ4n) is 2.36. The lowest BCUT2D eigenvalue weighted by molar-refractivity contribution is 1.59. The maximum Gasteiger partial charge on any atom is 0.184 e. The third-order valence-corrected chi connectivity index (χ3v) is 6.72. The standard InChI is InChI=1S/C20H15BrSi/c21-20-14-8-7-9-17(20)15-16-22(18-10-3-1-4-11-18)19-12-5-2-6-13-19/h1-14,22H. The van der Waals surface area contributed by atoms with Gasteiger partial charge in [0.05, 0.1) is 0 Å². The van der Waals surface area contributed by atoms with Crippen LogP contribution in [-0.2, 0) is 0 Å². The normalized spacial score (nSPS) is 10.1. The average molecular weight is 363 g/mol. The molecule has 0 atom stereocenters. The maximum atomic E-state index is 3.57. The molecule has 2 heteroatoms. The van der Waals surface area contributed by atoms with Gasteiger partial charge in [-0.1, -0.05) is 78.7 Å². The van der Waals surface area contributed by atoms with Crippen molar-refractivity contribution >= 4 is 35.1 Å². The summed E-state index contributed by atoms with van der Waals surface area (Å²) in [6, 6.07) is 29.4. The van der Waals surface area contributed by atoms with E-state index in [0.29, 0.717) is 0 Å². The molecule has 0 saturated carbocycles. The quantitative estimate of drug-likeness (QED) is 0.484. The Morgan fingerprint density at radius 3 is 1.68 bits per heavy atom. The molecule has 0 unspecified atom stereocenters. The maximum absolute atomic E-state index is 3.57. The van der Waals surface area contributed by atoms with Gasteiger partial charge in [0.2, 0.25) is 0 Å². The van der Waals surface area contributed by atoms with Crippen molar-refractivity contribution in [3.8, 4) is 11.5 Å². The molecule has 3 aromatic carbocycles. The van der Waals surface area contributed by atoms with Crippen LogP contribution in [0.15, 0.2) is 89.4 Å². The van der Waals surface area contributed by atoms with Crippen LogP contribution in [0, 0.1) is 11.5 Å². The van der Waals surface area contributed by atoms with E-state index in [-0.39, 0.29) is 0 Å². The Kier molecular flexibility index (Phi) is 4.90. The van der Waals surface area contributed by atoms with Crippen molar-refractivity contribution in [2.45, 2.75) is 0 Å². The minimum Gasteiger partial charge on any atom is -0.119 e. The molecule has 3 rings (SSSR count). The third-order valence-electron chi connectivity index (χ3n) is 3.49. The summed E-state index contributed by atoms with van der Waals surface area (Å²) in [5.74, 6) is 3.37. The van der Waals surface area contributed by atoms with E-state index in [1.807, 2.05) is 18.2 Å². The Labute approximate surface area is 141 Å². The summed E-state index contributed by atoms with van der Waals surface area (Å²) in [5.41, 5.74) is 4.62. The zero-order chi connectivity index (χ0) is 15.2. The van der Waals surface area contributed by atoms with Crippen molar-refractivity contribution in [1.29, 1.82) is 0 Å². The molecule has 0 spiro atoms. The molecular formula is C20H15BrSi. The Hall–Kier alpha value is -2.08. The van der Waals surface area contributed by atoms with Gasteiger partial charge in [-0.2, -0.15) is 0 Å². The van der Waals surface area contributed by atoms with Crippen LogP contribution in [0.1, 0.15) is 5.56 Å². The number of halogens is 1. The molecule has 0 aliphatic heterocycles. The minimum atomic E-state index is -1.52. The predicted molar refractivity (Wildman–Crippen MR) is 100 cm³/mol. The van der Waals surface area contributed by atoms with Crippen molar-refractivity contribution in [3.05, 3.63) is 95.0 Å². The first kappa shape index (κ1) is 14.8. The van der Waals surface area contributed by atoms with E-state index in [4.69, 9.17) is 0 Å². The number of rotatable bonds is 2. The largest absolute Gasteiger partial charge is 0.184 e. The fraction of sp³-hybridized carbons (Fsp3) is 0. The lowest BCUT2D eigenvalue weighted by Gasteiger charge is -2.09. The highest BCUT2D eigenvalue weighted by atomic mass is 79.9. The summed E-state index contributed by atoms with van der Waals surface area (Å²) in [5, 5.41) is 2.71. The highest BCUT2D eigenvalue weighted by Crippen LogP contribution is 2.14. The monoisotopic (exact) mass is 362 g/mol. The van der Waals surface area contributed by atoms with E-state index in [1.165, 1.54) is 10.4 Å². The second kappa shape index (κ2) is 7.26. The summed E-state index contributed by atoms with van der Waals surface area (Å²) in [6.07, 6.45) is 0. The molecule has 22 heavy (non-hydrogen) atoms. The van der Waals surface area contributed by atoms with E-state index in [2.05, 4.69) is 94.1 Å². The molecule has 0 bridgehead atoms. The van der Waals surface area contributed by atoms with E-state index in [1.54, 1.807) is 0 Å².